The van der Waals surface area contributed by atoms with Crippen molar-refractivity contribution in [3.63, 3.8) is 0 Å². The van der Waals surface area contributed by atoms with Gasteiger partial charge in [-0.15, -0.1) is 0 Å². The van der Waals surface area contributed by atoms with Crippen LogP contribution in [0.3, 0.4) is 0 Å². The van der Waals surface area contributed by atoms with Gasteiger partial charge in [0, 0.05) is 37.4 Å². The predicted molar refractivity (Wildman–Crippen MR) is 119 cm³/mol. The van der Waals surface area contributed by atoms with Gasteiger partial charge in [0.15, 0.2) is 0 Å². The Labute approximate surface area is 183 Å². The number of nitrogens with one attached hydrogen (secondary N) is 1. The molecule has 2 aromatic rings. The van der Waals surface area contributed by atoms with Crippen LogP contribution in [0.5, 0.6) is 0 Å². The summed E-state index contributed by atoms with van der Waals surface area (Å²) < 4.78 is 26.7. The molecule has 2 heterocycles. The Kier molecular flexibility index (Phi) is 5.85. The average molecular weight is 442 g/mol. The van der Waals surface area contributed by atoms with Crippen LogP contribution in [0.1, 0.15) is 30.4 Å². The van der Waals surface area contributed by atoms with E-state index in [2.05, 4.69) is 5.32 Å². The van der Waals surface area contributed by atoms with E-state index in [9.17, 15) is 18.0 Å². The van der Waals surface area contributed by atoms with E-state index in [1.807, 2.05) is 32.0 Å². The first-order valence-corrected chi connectivity index (χ1v) is 12.0. The summed E-state index contributed by atoms with van der Waals surface area (Å²) in [6.07, 6.45) is 1.92. The zero-order valence-electron chi connectivity index (χ0n) is 17.8. The van der Waals surface area contributed by atoms with Crippen molar-refractivity contribution in [2.45, 2.75) is 38.0 Å². The first kappa shape index (κ1) is 21.5. The molecule has 4 rings (SSSR count). The maximum absolute atomic E-state index is 12.8. The summed E-state index contributed by atoms with van der Waals surface area (Å²) in [6, 6.07) is 12.1. The molecule has 1 atom stereocenters. The number of hydrogen-bond acceptors (Lipinski definition) is 4. The molecule has 2 aliphatic rings. The van der Waals surface area contributed by atoms with Crippen LogP contribution in [0.4, 0.5) is 11.4 Å². The molecule has 1 unspecified atom stereocenters. The Morgan fingerprint density at radius 3 is 2.35 bits per heavy atom. The fourth-order valence-electron chi connectivity index (χ4n) is 4.26. The lowest BCUT2D eigenvalue weighted by Crippen LogP contribution is -2.29. The van der Waals surface area contributed by atoms with Crippen LogP contribution in [0.25, 0.3) is 0 Å². The topological polar surface area (TPSA) is 86.8 Å². The van der Waals surface area contributed by atoms with Crippen LogP contribution in [0.2, 0.25) is 0 Å². The number of carbonyl (C=O) groups is 2. The van der Waals surface area contributed by atoms with Gasteiger partial charge in [0.2, 0.25) is 21.8 Å². The van der Waals surface area contributed by atoms with Crippen LogP contribution in [-0.4, -0.2) is 44.2 Å². The number of sulfonamides is 1. The number of rotatable bonds is 5. The highest BCUT2D eigenvalue weighted by atomic mass is 32.2. The molecule has 2 fully saturated rings. The van der Waals surface area contributed by atoms with Crippen molar-refractivity contribution in [2.75, 3.05) is 29.9 Å². The second kappa shape index (κ2) is 8.43. The van der Waals surface area contributed by atoms with Gasteiger partial charge in [-0.2, -0.15) is 4.31 Å². The summed E-state index contributed by atoms with van der Waals surface area (Å²) in [5.41, 5.74) is 3.48. The lowest BCUT2D eigenvalue weighted by molar-refractivity contribution is -0.122. The SMILES string of the molecule is Cc1ccc(N2CC(C(=O)Nc3ccc(S(=O)(=O)N4CCCC4)cc3)CC2=O)c(C)c1. The molecule has 0 aliphatic carbocycles. The summed E-state index contributed by atoms with van der Waals surface area (Å²) in [6.45, 7) is 5.39. The largest absolute Gasteiger partial charge is 0.326 e. The molecule has 2 amide bonds. The quantitative estimate of drug-likeness (QED) is 0.773. The standard InChI is InChI=1S/C23H27N3O4S/c1-16-5-10-21(17(2)13-16)26-15-18(14-22(26)27)23(28)24-19-6-8-20(9-7-19)31(29,30)25-11-3-4-12-25/h5-10,13,18H,3-4,11-12,14-15H2,1-2H3,(H,24,28). The second-order valence-corrected chi connectivity index (χ2v) is 10.3. The Hall–Kier alpha value is -2.71. The van der Waals surface area contributed by atoms with E-state index in [1.54, 1.807) is 17.0 Å². The van der Waals surface area contributed by atoms with Crippen LogP contribution in [0.15, 0.2) is 47.4 Å². The smallest absolute Gasteiger partial charge is 0.243 e. The minimum atomic E-state index is -3.48. The first-order valence-electron chi connectivity index (χ1n) is 10.5. The van der Waals surface area contributed by atoms with Crippen LogP contribution >= 0.6 is 0 Å². The number of nitrogens with zero attached hydrogens (tertiary/aromatic N) is 2. The summed E-state index contributed by atoms with van der Waals surface area (Å²) in [7, 11) is -3.48. The second-order valence-electron chi connectivity index (χ2n) is 8.32. The highest BCUT2D eigenvalue weighted by Gasteiger charge is 2.35. The molecular formula is C23H27N3O4S. The molecule has 164 valence electrons. The summed E-state index contributed by atoms with van der Waals surface area (Å²) in [5.74, 6) is -0.767. The van der Waals surface area contributed by atoms with Gasteiger partial charge in [0.05, 0.1) is 10.8 Å². The zero-order valence-corrected chi connectivity index (χ0v) is 18.6. The van der Waals surface area contributed by atoms with Crippen LogP contribution in [-0.2, 0) is 19.6 Å². The molecule has 0 spiro atoms. The minimum absolute atomic E-state index is 0.0702. The van der Waals surface area contributed by atoms with Crippen molar-refractivity contribution < 1.29 is 18.0 Å². The first-order chi connectivity index (χ1) is 14.8. The molecule has 31 heavy (non-hydrogen) atoms. The third-order valence-electron chi connectivity index (χ3n) is 5.96. The highest BCUT2D eigenvalue weighted by Crippen LogP contribution is 2.29. The van der Waals surface area contributed by atoms with E-state index in [-0.39, 0.29) is 23.1 Å². The molecule has 0 radical (unpaired) electrons. The maximum Gasteiger partial charge on any atom is 0.243 e. The number of anilines is 2. The van der Waals surface area contributed by atoms with Gasteiger partial charge in [-0.05, 0) is 62.6 Å². The van der Waals surface area contributed by atoms with Crippen molar-refractivity contribution in [1.82, 2.24) is 4.31 Å². The third-order valence-corrected chi connectivity index (χ3v) is 7.88. The van der Waals surface area contributed by atoms with E-state index >= 15 is 0 Å². The number of carbonyl (C=O) groups excluding carboxylic acids is 2. The normalized spacial score (nSPS) is 19.7. The average Bonchev–Trinajstić information content (AvgIpc) is 3.39. The highest BCUT2D eigenvalue weighted by molar-refractivity contribution is 7.89. The van der Waals surface area contributed by atoms with Crippen molar-refractivity contribution in [2.24, 2.45) is 5.92 Å². The van der Waals surface area contributed by atoms with Crippen molar-refractivity contribution in [3.05, 3.63) is 53.6 Å². The number of hydrogen-bond donors (Lipinski definition) is 1. The van der Waals surface area contributed by atoms with E-state index in [1.165, 1.54) is 16.4 Å². The molecule has 0 aromatic heterocycles. The maximum atomic E-state index is 12.8. The molecule has 2 aliphatic heterocycles. The summed E-state index contributed by atoms with van der Waals surface area (Å²) in [5, 5.41) is 2.82. The Morgan fingerprint density at radius 2 is 1.71 bits per heavy atom. The van der Waals surface area contributed by atoms with E-state index in [4.69, 9.17) is 0 Å². The minimum Gasteiger partial charge on any atom is -0.326 e. The fourth-order valence-corrected chi connectivity index (χ4v) is 5.77. The van der Waals surface area contributed by atoms with E-state index in [0.29, 0.717) is 25.3 Å². The van der Waals surface area contributed by atoms with Crippen molar-refractivity contribution in [1.29, 1.82) is 0 Å². The summed E-state index contributed by atoms with van der Waals surface area (Å²) >= 11 is 0. The van der Waals surface area contributed by atoms with Gasteiger partial charge in [0.25, 0.3) is 0 Å². The Morgan fingerprint density at radius 1 is 1.03 bits per heavy atom. The predicted octanol–water partition coefficient (Wildman–Crippen LogP) is 3.08. The van der Waals surface area contributed by atoms with Crippen LogP contribution < -0.4 is 10.2 Å². The van der Waals surface area contributed by atoms with Gasteiger partial charge < -0.3 is 10.2 Å². The molecule has 8 heteroatoms. The lowest BCUT2D eigenvalue weighted by atomic mass is 10.1. The Bertz CT molecular complexity index is 1110. The number of benzene rings is 2. The lowest BCUT2D eigenvalue weighted by Gasteiger charge is -2.19. The van der Waals surface area contributed by atoms with Crippen LogP contribution in [0, 0.1) is 19.8 Å². The molecule has 2 aromatic carbocycles. The molecule has 2 saturated heterocycles. The van der Waals surface area contributed by atoms with E-state index in [0.717, 1.165) is 29.7 Å². The third kappa shape index (κ3) is 4.36. The molecular weight excluding hydrogens is 414 g/mol. The molecule has 0 saturated carbocycles. The van der Waals surface area contributed by atoms with Gasteiger partial charge >= 0.3 is 0 Å². The van der Waals surface area contributed by atoms with Crippen molar-refractivity contribution >= 4 is 33.2 Å². The molecule has 1 N–H and O–H groups in total. The van der Waals surface area contributed by atoms with Gasteiger partial charge in [0.1, 0.15) is 0 Å². The Balaban J connectivity index is 1.42. The zero-order chi connectivity index (χ0) is 22.2. The van der Waals surface area contributed by atoms with Gasteiger partial charge in [-0.3, -0.25) is 9.59 Å². The van der Waals surface area contributed by atoms with Gasteiger partial charge in [-0.25, -0.2) is 8.42 Å². The fraction of sp³-hybridized carbons (Fsp3) is 0.391. The molecule has 7 nitrogen and oxygen atoms in total. The number of amides is 2. The summed E-state index contributed by atoms with van der Waals surface area (Å²) in [4.78, 5) is 27.2. The van der Waals surface area contributed by atoms with E-state index < -0.39 is 15.9 Å². The number of aryl methyl sites for hydroxylation is 2. The molecule has 0 bridgehead atoms. The van der Waals surface area contributed by atoms with Crippen molar-refractivity contribution in [3.8, 4) is 0 Å². The monoisotopic (exact) mass is 441 g/mol. The van der Waals surface area contributed by atoms with Gasteiger partial charge in [-0.1, -0.05) is 17.7 Å².